The average Bonchev–Trinajstić information content (AvgIpc) is 3.75. The van der Waals surface area contributed by atoms with Gasteiger partial charge in [0, 0.05) is 99.5 Å². The second-order valence-corrected chi connectivity index (χ2v) is 19.5. The van der Waals surface area contributed by atoms with Gasteiger partial charge in [-0.3, -0.25) is 48.5 Å². The van der Waals surface area contributed by atoms with Crippen molar-refractivity contribution in [3.63, 3.8) is 0 Å². The number of hydrogen-bond acceptors (Lipinski definition) is 11. The van der Waals surface area contributed by atoms with Gasteiger partial charge in [-0.2, -0.15) is 0 Å². The zero-order valence-corrected chi connectivity index (χ0v) is 37.1. The number of fused-ring (bicyclic) bond motifs is 6. The summed E-state index contributed by atoms with van der Waals surface area (Å²) >= 11 is 0. The third kappa shape index (κ3) is 8.56. The summed E-state index contributed by atoms with van der Waals surface area (Å²) in [4.78, 5) is 104. The third-order valence-corrected chi connectivity index (χ3v) is 15.3. The Morgan fingerprint density at radius 2 is 1.16 bits per heavy atom. The van der Waals surface area contributed by atoms with E-state index in [4.69, 9.17) is 15.0 Å². The minimum Gasteiger partial charge on any atom is -0.481 e. The number of carboxylic acid groups (broad SMARTS) is 7. The minimum atomic E-state index is -1.63. The van der Waals surface area contributed by atoms with Crippen LogP contribution in [0.1, 0.15) is 126 Å². The van der Waals surface area contributed by atoms with E-state index in [0.717, 1.165) is 0 Å². The van der Waals surface area contributed by atoms with E-state index in [1.54, 1.807) is 47.6 Å². The number of hydrogen-bond donors (Lipinski definition) is 8. The summed E-state index contributed by atoms with van der Waals surface area (Å²) in [5.74, 6) is -11.5. The summed E-state index contributed by atoms with van der Waals surface area (Å²) in [6.07, 6.45) is -1.46. The zero-order valence-electron chi connectivity index (χ0n) is 37.1. The number of carboxylic acids is 7. The summed E-state index contributed by atoms with van der Waals surface area (Å²) in [6, 6.07) is -1.15. The first-order valence-electron chi connectivity index (χ1n) is 21.3. The molecule has 0 aliphatic carbocycles. The second-order valence-electron chi connectivity index (χ2n) is 19.5. The number of nitrogens with one attached hydrogen (secondary N) is 1. The molecule has 5 aliphatic heterocycles. The highest BCUT2D eigenvalue weighted by molar-refractivity contribution is 6.09. The highest BCUT2D eigenvalue weighted by Gasteiger charge is 2.66. The van der Waals surface area contributed by atoms with Crippen molar-refractivity contribution < 1.29 is 69.3 Å². The van der Waals surface area contributed by atoms with Gasteiger partial charge in [-0.05, 0) is 63.7 Å². The Bertz CT molecular complexity index is 2220. The van der Waals surface area contributed by atoms with Gasteiger partial charge in [0.15, 0.2) is 0 Å². The van der Waals surface area contributed by atoms with E-state index < -0.39 is 131 Å². The second kappa shape index (κ2) is 17.1. The number of carbonyl (C=O) groups is 7. The molecular weight excluding hydrogens is 821 g/mol. The first kappa shape index (κ1) is 48.4. The van der Waals surface area contributed by atoms with Crippen LogP contribution in [0.2, 0.25) is 0 Å². The molecule has 5 aliphatic rings. The number of rotatable bonds is 18. The molecule has 1 fully saturated rings. The highest BCUT2D eigenvalue weighted by Crippen LogP contribution is 2.62. The molecule has 9 atom stereocenters. The van der Waals surface area contributed by atoms with E-state index in [1.807, 2.05) is 13.8 Å². The van der Waals surface area contributed by atoms with E-state index in [2.05, 4.69) is 5.32 Å². The van der Waals surface area contributed by atoms with Crippen LogP contribution in [0.5, 0.6) is 0 Å². The maximum atomic E-state index is 13.1. The van der Waals surface area contributed by atoms with Crippen LogP contribution in [0.4, 0.5) is 0 Å². The van der Waals surface area contributed by atoms with Crippen molar-refractivity contribution in [1.29, 1.82) is 0 Å². The predicted molar refractivity (Wildman–Crippen MR) is 227 cm³/mol. The summed E-state index contributed by atoms with van der Waals surface area (Å²) in [5.41, 5.74) is -3.61. The lowest BCUT2D eigenvalue weighted by molar-refractivity contribution is -0.143. The SMILES string of the molecule is C/C1=C2/NC(=CC3=N/C(=C(/C)C4=N[C@@](C)([C@@H]5N=C1[C@](C)(CCC(=O)O)[C@H]5CC(=O)O)[C@@](C)(CC(=O)O)[C@@H]4CCC(=O)O)[C@@](C)(CC(=O)O)[C@@H]3CCC(=O)O)C(C)(C)[C@@H]2CCC(=O)O. The number of aliphatic carboxylic acids is 7. The standard InChI is InChI=1S/C45H60N4O14/c1-21-36-24(10-13-30(52)53)41(3,4)28(47-36)18-27-23(9-12-29(50)51)43(6,19-34(60)61)39(46-27)22(2)37-25(11-14-31(54)55)44(7,20-35(62)63)45(8,49-37)40-26(17-33(58)59)42(5,38(21)48-40)16-15-32(56)57/h18,23-26,40,47H,9-17,19-20H2,1-8H3,(H,50,51)(H,52,53)(H,54,55)(H,56,57)(H,58,59)(H,60,61)(H,62,63)/b28-18?,36-21-,39-22-/t23-,24-,25-,26+,40-,42-,43+,44+,45+/m1/s1. The van der Waals surface area contributed by atoms with Crippen LogP contribution in [0.15, 0.2) is 49.3 Å². The molecule has 0 aromatic carbocycles. The van der Waals surface area contributed by atoms with Crippen LogP contribution in [0, 0.1) is 45.3 Å². The summed E-state index contributed by atoms with van der Waals surface area (Å²) in [5, 5.41) is 75.1. The Hall–Kier alpha value is -5.68. The molecule has 0 radical (unpaired) electrons. The van der Waals surface area contributed by atoms with Crippen molar-refractivity contribution in [2.24, 2.45) is 60.3 Å². The van der Waals surface area contributed by atoms with Crippen molar-refractivity contribution in [2.75, 3.05) is 0 Å². The van der Waals surface area contributed by atoms with Crippen LogP contribution in [-0.4, -0.2) is 106 Å². The molecule has 8 N–H and O–H groups in total. The number of aliphatic imine (C=N–C) groups is 3. The first-order valence-corrected chi connectivity index (χ1v) is 21.3. The number of allylic oxidation sites excluding steroid dienone is 6. The maximum absolute atomic E-state index is 13.1. The van der Waals surface area contributed by atoms with Crippen molar-refractivity contribution in [2.45, 2.75) is 138 Å². The summed E-state index contributed by atoms with van der Waals surface area (Å²) in [7, 11) is 0. The molecule has 63 heavy (non-hydrogen) atoms. The fraction of sp³-hybridized carbons (Fsp3) is 0.644. The monoisotopic (exact) mass is 880 g/mol. The molecular formula is C45H60N4O14. The lowest BCUT2D eigenvalue weighted by Crippen LogP contribution is -2.55. The minimum absolute atomic E-state index is 0.0376. The molecule has 8 bridgehead atoms. The molecule has 344 valence electrons. The van der Waals surface area contributed by atoms with Gasteiger partial charge in [0.05, 0.1) is 36.5 Å². The van der Waals surface area contributed by atoms with E-state index >= 15 is 0 Å². The van der Waals surface area contributed by atoms with Crippen molar-refractivity contribution in [3.05, 3.63) is 34.3 Å². The normalized spacial score (nSPS) is 35.3. The molecule has 0 unspecified atom stereocenters. The summed E-state index contributed by atoms with van der Waals surface area (Å²) < 4.78 is 0. The lowest BCUT2D eigenvalue weighted by Gasteiger charge is -2.48. The van der Waals surface area contributed by atoms with Crippen LogP contribution in [-0.2, 0) is 33.6 Å². The fourth-order valence-corrected chi connectivity index (χ4v) is 11.8. The van der Waals surface area contributed by atoms with Gasteiger partial charge in [-0.1, -0.05) is 34.6 Å². The Balaban J connectivity index is 2.03. The van der Waals surface area contributed by atoms with Crippen molar-refractivity contribution >= 4 is 58.9 Å². The van der Waals surface area contributed by atoms with Gasteiger partial charge >= 0.3 is 41.8 Å². The Labute approximate surface area is 365 Å². The molecule has 0 aromatic heterocycles. The predicted octanol–water partition coefficient (Wildman–Crippen LogP) is 5.92. The Morgan fingerprint density at radius 1 is 0.635 bits per heavy atom. The molecule has 18 heteroatoms. The van der Waals surface area contributed by atoms with Crippen LogP contribution >= 0.6 is 0 Å². The Kier molecular flexibility index (Phi) is 13.1. The quantitative estimate of drug-likeness (QED) is 0.0792. The molecule has 0 aromatic rings. The summed E-state index contributed by atoms with van der Waals surface area (Å²) in [6.45, 7) is 13.9. The smallest absolute Gasteiger partial charge is 0.304 e. The Morgan fingerprint density at radius 3 is 1.67 bits per heavy atom. The highest BCUT2D eigenvalue weighted by atomic mass is 16.4. The first-order chi connectivity index (χ1) is 29.0. The van der Waals surface area contributed by atoms with Gasteiger partial charge in [0.1, 0.15) is 0 Å². The molecule has 5 heterocycles. The maximum Gasteiger partial charge on any atom is 0.304 e. The lowest BCUT2D eigenvalue weighted by atomic mass is 9.55. The topological polar surface area (TPSA) is 310 Å². The van der Waals surface area contributed by atoms with E-state index in [-0.39, 0.29) is 49.9 Å². The van der Waals surface area contributed by atoms with Crippen molar-refractivity contribution in [1.82, 2.24) is 5.32 Å². The largest absolute Gasteiger partial charge is 0.481 e. The van der Waals surface area contributed by atoms with Crippen LogP contribution < -0.4 is 5.32 Å². The van der Waals surface area contributed by atoms with E-state index in [9.17, 15) is 69.3 Å². The molecule has 0 spiro atoms. The molecule has 1 saturated heterocycles. The molecule has 0 amide bonds. The van der Waals surface area contributed by atoms with Gasteiger partial charge in [0.2, 0.25) is 0 Å². The molecule has 5 rings (SSSR count). The number of nitrogens with zero attached hydrogens (tertiary/aromatic N) is 3. The zero-order chi connectivity index (χ0) is 47.4. The van der Waals surface area contributed by atoms with E-state index in [0.29, 0.717) is 34.0 Å². The van der Waals surface area contributed by atoms with Gasteiger partial charge in [0.25, 0.3) is 0 Å². The van der Waals surface area contributed by atoms with Gasteiger partial charge < -0.3 is 41.1 Å². The van der Waals surface area contributed by atoms with Crippen molar-refractivity contribution in [3.8, 4) is 0 Å². The molecule has 0 saturated carbocycles. The third-order valence-electron chi connectivity index (χ3n) is 15.3. The van der Waals surface area contributed by atoms with Crippen LogP contribution in [0.3, 0.4) is 0 Å². The average molecular weight is 881 g/mol. The fourth-order valence-electron chi connectivity index (χ4n) is 11.8. The van der Waals surface area contributed by atoms with Gasteiger partial charge in [-0.25, -0.2) is 0 Å². The van der Waals surface area contributed by atoms with Crippen LogP contribution in [0.25, 0.3) is 0 Å². The van der Waals surface area contributed by atoms with E-state index in [1.165, 1.54) is 0 Å². The molecule has 18 nitrogen and oxygen atoms in total. The van der Waals surface area contributed by atoms with Gasteiger partial charge in [-0.15, -0.1) is 0 Å².